The van der Waals surface area contributed by atoms with Crippen LogP contribution in [0.15, 0.2) is 66.4 Å². The molecule has 32 heavy (non-hydrogen) atoms. The van der Waals surface area contributed by atoms with Crippen molar-refractivity contribution in [1.29, 1.82) is 0 Å². The standard InChI is InChI=1S/C26H22ClFN2O2/c1-15-7-12-20(16(2)13-15)23-24(29-22-6-4-5-21(27)17(22)3)26(32)30(25(23)31)14-18-8-10-19(28)11-9-18/h4-13,29H,14H2,1-3H3. The van der Waals surface area contributed by atoms with E-state index in [4.69, 9.17) is 11.6 Å². The summed E-state index contributed by atoms with van der Waals surface area (Å²) >= 11 is 6.26. The van der Waals surface area contributed by atoms with Crippen molar-refractivity contribution in [3.8, 4) is 0 Å². The van der Waals surface area contributed by atoms with E-state index >= 15 is 0 Å². The fourth-order valence-corrected chi connectivity index (χ4v) is 4.00. The van der Waals surface area contributed by atoms with Gasteiger partial charge < -0.3 is 5.32 Å². The number of aryl methyl sites for hydroxylation is 2. The molecule has 162 valence electrons. The van der Waals surface area contributed by atoms with E-state index in [2.05, 4.69) is 5.32 Å². The average Bonchev–Trinajstić information content (AvgIpc) is 2.97. The molecule has 4 rings (SSSR count). The summed E-state index contributed by atoms with van der Waals surface area (Å²) in [5, 5.41) is 3.73. The summed E-state index contributed by atoms with van der Waals surface area (Å²) in [7, 11) is 0. The van der Waals surface area contributed by atoms with Gasteiger partial charge in [-0.3, -0.25) is 14.5 Å². The number of nitrogens with zero attached hydrogens (tertiary/aromatic N) is 1. The third kappa shape index (κ3) is 4.04. The lowest BCUT2D eigenvalue weighted by atomic mass is 9.97. The van der Waals surface area contributed by atoms with Gasteiger partial charge in [0.25, 0.3) is 11.8 Å². The second-order valence-electron chi connectivity index (χ2n) is 7.93. The highest BCUT2D eigenvalue weighted by Crippen LogP contribution is 2.34. The zero-order valence-electron chi connectivity index (χ0n) is 18.0. The van der Waals surface area contributed by atoms with Crippen molar-refractivity contribution in [2.45, 2.75) is 27.3 Å². The molecule has 3 aromatic carbocycles. The Bertz CT molecular complexity index is 1270. The molecular formula is C26H22ClFN2O2. The first-order valence-corrected chi connectivity index (χ1v) is 10.6. The highest BCUT2D eigenvalue weighted by Gasteiger charge is 2.39. The van der Waals surface area contributed by atoms with Gasteiger partial charge in [0.1, 0.15) is 11.5 Å². The second-order valence-corrected chi connectivity index (χ2v) is 8.34. The topological polar surface area (TPSA) is 49.4 Å². The van der Waals surface area contributed by atoms with Gasteiger partial charge in [0.05, 0.1) is 12.1 Å². The lowest BCUT2D eigenvalue weighted by molar-refractivity contribution is -0.137. The maximum absolute atomic E-state index is 13.5. The van der Waals surface area contributed by atoms with Crippen molar-refractivity contribution >= 4 is 34.7 Å². The zero-order chi connectivity index (χ0) is 23.0. The predicted molar refractivity (Wildman–Crippen MR) is 125 cm³/mol. The largest absolute Gasteiger partial charge is 0.350 e. The molecule has 1 heterocycles. The molecule has 0 spiro atoms. The Kier molecular flexibility index (Phi) is 5.85. The molecule has 6 heteroatoms. The van der Waals surface area contributed by atoms with Gasteiger partial charge >= 0.3 is 0 Å². The molecule has 0 aromatic heterocycles. The number of hydrogen-bond acceptors (Lipinski definition) is 3. The second kappa shape index (κ2) is 8.60. The van der Waals surface area contributed by atoms with E-state index in [1.54, 1.807) is 24.3 Å². The molecular weight excluding hydrogens is 427 g/mol. The van der Waals surface area contributed by atoms with E-state index in [9.17, 15) is 14.0 Å². The third-order valence-electron chi connectivity index (χ3n) is 5.60. The van der Waals surface area contributed by atoms with Crippen LogP contribution in [-0.4, -0.2) is 16.7 Å². The first kappa shape index (κ1) is 21.8. The number of imide groups is 1. The molecule has 1 aliphatic rings. The summed E-state index contributed by atoms with van der Waals surface area (Å²) in [6.45, 7) is 5.78. The van der Waals surface area contributed by atoms with Crippen LogP contribution in [-0.2, 0) is 16.1 Å². The average molecular weight is 449 g/mol. The molecule has 1 aliphatic heterocycles. The number of anilines is 1. The summed E-state index contributed by atoms with van der Waals surface area (Å²) in [6, 6.07) is 16.9. The molecule has 0 unspecified atom stereocenters. The maximum Gasteiger partial charge on any atom is 0.278 e. The molecule has 3 aromatic rings. The lowest BCUT2D eigenvalue weighted by Crippen LogP contribution is -2.32. The first-order valence-electron chi connectivity index (χ1n) is 10.2. The third-order valence-corrected chi connectivity index (χ3v) is 6.01. The van der Waals surface area contributed by atoms with Crippen LogP contribution >= 0.6 is 11.6 Å². The van der Waals surface area contributed by atoms with Crippen molar-refractivity contribution in [3.05, 3.63) is 105 Å². The number of nitrogens with one attached hydrogen (secondary N) is 1. The minimum atomic E-state index is -0.436. The van der Waals surface area contributed by atoms with Crippen LogP contribution in [0.5, 0.6) is 0 Å². The molecule has 1 N–H and O–H groups in total. The van der Waals surface area contributed by atoms with Gasteiger partial charge in [0, 0.05) is 10.7 Å². The zero-order valence-corrected chi connectivity index (χ0v) is 18.8. The summed E-state index contributed by atoms with van der Waals surface area (Å²) in [4.78, 5) is 28.1. The Morgan fingerprint density at radius 3 is 2.34 bits per heavy atom. The minimum absolute atomic E-state index is 0.0477. The van der Waals surface area contributed by atoms with Gasteiger partial charge in [-0.25, -0.2) is 4.39 Å². The van der Waals surface area contributed by atoms with Crippen molar-refractivity contribution < 1.29 is 14.0 Å². The van der Waals surface area contributed by atoms with E-state index in [0.717, 1.165) is 16.7 Å². The Labute approximate surface area is 191 Å². The van der Waals surface area contributed by atoms with Crippen LogP contribution in [0.25, 0.3) is 5.57 Å². The van der Waals surface area contributed by atoms with E-state index in [0.29, 0.717) is 27.4 Å². The van der Waals surface area contributed by atoms with E-state index in [1.807, 2.05) is 45.0 Å². The number of carbonyl (C=O) groups excluding carboxylic acids is 2. The number of carbonyl (C=O) groups is 2. The SMILES string of the molecule is Cc1ccc(C2=C(Nc3cccc(Cl)c3C)C(=O)N(Cc3ccc(F)cc3)C2=O)c(C)c1. The fraction of sp³-hybridized carbons (Fsp3) is 0.154. The monoisotopic (exact) mass is 448 g/mol. The van der Waals surface area contributed by atoms with Gasteiger partial charge in [-0.2, -0.15) is 0 Å². The van der Waals surface area contributed by atoms with Crippen LogP contribution in [0.3, 0.4) is 0 Å². The normalized spacial score (nSPS) is 13.8. The van der Waals surface area contributed by atoms with Crippen LogP contribution in [0.1, 0.15) is 27.8 Å². The molecule has 0 saturated heterocycles. The number of amides is 2. The van der Waals surface area contributed by atoms with Crippen LogP contribution in [0.4, 0.5) is 10.1 Å². The van der Waals surface area contributed by atoms with Crippen molar-refractivity contribution in [3.63, 3.8) is 0 Å². The summed E-state index contributed by atoms with van der Waals surface area (Å²) < 4.78 is 13.3. The molecule has 0 bridgehead atoms. The Morgan fingerprint density at radius 1 is 0.938 bits per heavy atom. The molecule has 0 aliphatic carbocycles. The highest BCUT2D eigenvalue weighted by atomic mass is 35.5. The summed E-state index contributed by atoms with van der Waals surface area (Å²) in [5.41, 5.74) is 5.26. The van der Waals surface area contributed by atoms with E-state index in [-0.39, 0.29) is 18.1 Å². The van der Waals surface area contributed by atoms with Crippen molar-refractivity contribution in [1.82, 2.24) is 4.90 Å². The van der Waals surface area contributed by atoms with Gasteiger partial charge in [-0.05, 0) is 67.3 Å². The van der Waals surface area contributed by atoms with Crippen molar-refractivity contribution in [2.75, 3.05) is 5.32 Å². The number of hydrogen-bond donors (Lipinski definition) is 1. The fourth-order valence-electron chi connectivity index (χ4n) is 3.83. The Morgan fingerprint density at radius 2 is 1.66 bits per heavy atom. The Balaban J connectivity index is 1.80. The smallest absolute Gasteiger partial charge is 0.278 e. The van der Waals surface area contributed by atoms with Gasteiger partial charge in [-0.15, -0.1) is 0 Å². The molecule has 0 saturated carbocycles. The van der Waals surface area contributed by atoms with Gasteiger partial charge in [0.15, 0.2) is 0 Å². The molecule has 4 nitrogen and oxygen atoms in total. The van der Waals surface area contributed by atoms with Crippen LogP contribution < -0.4 is 5.32 Å². The van der Waals surface area contributed by atoms with Crippen molar-refractivity contribution in [2.24, 2.45) is 0 Å². The Hall–Kier alpha value is -3.44. The van der Waals surface area contributed by atoms with E-state index < -0.39 is 11.8 Å². The summed E-state index contributed by atoms with van der Waals surface area (Å²) in [5.74, 6) is -1.21. The molecule has 0 atom stereocenters. The number of halogens is 2. The molecule has 0 fully saturated rings. The van der Waals surface area contributed by atoms with Crippen LogP contribution in [0, 0.1) is 26.6 Å². The van der Waals surface area contributed by atoms with Gasteiger partial charge in [0.2, 0.25) is 0 Å². The van der Waals surface area contributed by atoms with Gasteiger partial charge in [-0.1, -0.05) is 53.6 Å². The minimum Gasteiger partial charge on any atom is -0.350 e. The number of benzene rings is 3. The highest BCUT2D eigenvalue weighted by molar-refractivity contribution is 6.37. The summed E-state index contributed by atoms with van der Waals surface area (Å²) in [6.07, 6.45) is 0. The molecule has 0 radical (unpaired) electrons. The van der Waals surface area contributed by atoms with E-state index in [1.165, 1.54) is 17.0 Å². The maximum atomic E-state index is 13.5. The molecule has 2 amide bonds. The quantitative estimate of drug-likeness (QED) is 0.502. The lowest BCUT2D eigenvalue weighted by Gasteiger charge is -2.16. The number of rotatable bonds is 5. The first-order chi connectivity index (χ1) is 15.3. The predicted octanol–water partition coefficient (Wildman–Crippen LogP) is 5.80. The van der Waals surface area contributed by atoms with Crippen LogP contribution in [0.2, 0.25) is 5.02 Å².